The maximum Gasteiger partial charge on any atom is 0.260 e. The summed E-state index contributed by atoms with van der Waals surface area (Å²) in [6.07, 6.45) is 4.95. The molecular weight excluding hydrogens is 364 g/mol. The molecular formula is C22H22N6O. The van der Waals surface area contributed by atoms with E-state index in [0.29, 0.717) is 17.9 Å². The molecule has 4 aromatic rings. The van der Waals surface area contributed by atoms with Gasteiger partial charge < -0.3 is 10.2 Å². The van der Waals surface area contributed by atoms with Crippen molar-refractivity contribution < 1.29 is 4.79 Å². The van der Waals surface area contributed by atoms with Crippen molar-refractivity contribution in [2.45, 2.75) is 6.54 Å². The van der Waals surface area contributed by atoms with E-state index in [1.165, 1.54) is 0 Å². The van der Waals surface area contributed by atoms with E-state index in [1.807, 2.05) is 44.4 Å². The molecule has 146 valence electrons. The van der Waals surface area contributed by atoms with Crippen LogP contribution in [-0.4, -0.2) is 39.6 Å². The van der Waals surface area contributed by atoms with Crippen molar-refractivity contribution in [3.05, 3.63) is 90.4 Å². The maximum absolute atomic E-state index is 12.7. The van der Waals surface area contributed by atoms with Crippen molar-refractivity contribution in [1.82, 2.24) is 19.6 Å². The summed E-state index contributed by atoms with van der Waals surface area (Å²) in [6, 6.07) is 19.7. The zero-order chi connectivity index (χ0) is 20.2. The third-order valence-corrected chi connectivity index (χ3v) is 4.61. The van der Waals surface area contributed by atoms with Crippen LogP contribution in [0.25, 0.3) is 5.69 Å². The smallest absolute Gasteiger partial charge is 0.260 e. The van der Waals surface area contributed by atoms with Crippen molar-refractivity contribution in [3.63, 3.8) is 0 Å². The molecule has 0 saturated carbocycles. The average molecular weight is 386 g/mol. The standard InChI is InChI=1S/C22H22N6O/c1-26(2)19-10-8-17(9-11-19)15-28-21(12-13-23-28)25-22(29)18-14-24-27(16-18)20-6-4-3-5-7-20/h3-14,16H,15H2,1-2H3,(H,25,29). The van der Waals surface area contributed by atoms with Gasteiger partial charge in [0, 0.05) is 32.0 Å². The summed E-state index contributed by atoms with van der Waals surface area (Å²) in [4.78, 5) is 14.7. The molecule has 0 saturated heterocycles. The van der Waals surface area contributed by atoms with E-state index in [9.17, 15) is 4.79 Å². The second-order valence-electron chi connectivity index (χ2n) is 6.90. The first-order valence-electron chi connectivity index (χ1n) is 9.30. The molecule has 29 heavy (non-hydrogen) atoms. The third kappa shape index (κ3) is 4.19. The highest BCUT2D eigenvalue weighted by atomic mass is 16.1. The average Bonchev–Trinajstić information content (AvgIpc) is 3.39. The molecule has 7 heteroatoms. The summed E-state index contributed by atoms with van der Waals surface area (Å²) in [6.45, 7) is 0.569. The normalized spacial score (nSPS) is 10.7. The lowest BCUT2D eigenvalue weighted by Crippen LogP contribution is -2.16. The molecule has 0 aliphatic carbocycles. The molecule has 0 atom stereocenters. The molecule has 2 heterocycles. The van der Waals surface area contributed by atoms with E-state index >= 15 is 0 Å². The molecule has 0 fully saturated rings. The lowest BCUT2D eigenvalue weighted by molar-refractivity contribution is 0.102. The van der Waals surface area contributed by atoms with Gasteiger partial charge in [-0.25, -0.2) is 9.36 Å². The fraction of sp³-hybridized carbons (Fsp3) is 0.136. The van der Waals surface area contributed by atoms with E-state index in [1.54, 1.807) is 34.0 Å². The minimum atomic E-state index is -0.225. The van der Waals surface area contributed by atoms with E-state index in [4.69, 9.17) is 0 Å². The maximum atomic E-state index is 12.7. The van der Waals surface area contributed by atoms with Crippen molar-refractivity contribution in [3.8, 4) is 5.69 Å². The van der Waals surface area contributed by atoms with E-state index in [0.717, 1.165) is 16.9 Å². The van der Waals surface area contributed by atoms with Gasteiger partial charge in [0.05, 0.1) is 30.2 Å². The first-order valence-corrected chi connectivity index (χ1v) is 9.30. The third-order valence-electron chi connectivity index (χ3n) is 4.61. The van der Waals surface area contributed by atoms with Crippen LogP contribution in [0, 0.1) is 0 Å². The van der Waals surface area contributed by atoms with Gasteiger partial charge in [0.25, 0.3) is 5.91 Å². The van der Waals surface area contributed by atoms with Crippen molar-refractivity contribution in [2.24, 2.45) is 0 Å². The Kier molecular flexibility index (Phi) is 5.11. The number of carbonyl (C=O) groups is 1. The number of anilines is 2. The van der Waals surface area contributed by atoms with Gasteiger partial charge in [-0.05, 0) is 29.8 Å². The lowest BCUT2D eigenvalue weighted by Gasteiger charge is -2.13. The number of nitrogens with one attached hydrogen (secondary N) is 1. The molecule has 0 bridgehead atoms. The first kappa shape index (κ1) is 18.5. The van der Waals surface area contributed by atoms with Crippen LogP contribution in [-0.2, 0) is 6.54 Å². The molecule has 0 spiro atoms. The van der Waals surface area contributed by atoms with Crippen LogP contribution in [0.1, 0.15) is 15.9 Å². The molecule has 1 N–H and O–H groups in total. The molecule has 7 nitrogen and oxygen atoms in total. The molecule has 1 amide bonds. The number of benzene rings is 2. The van der Waals surface area contributed by atoms with E-state index in [2.05, 4.69) is 44.7 Å². The number of nitrogens with zero attached hydrogens (tertiary/aromatic N) is 5. The Morgan fingerprint density at radius 2 is 1.76 bits per heavy atom. The zero-order valence-corrected chi connectivity index (χ0v) is 16.4. The van der Waals surface area contributed by atoms with Crippen LogP contribution < -0.4 is 10.2 Å². The molecule has 0 unspecified atom stereocenters. The Labute approximate surface area is 169 Å². The fourth-order valence-electron chi connectivity index (χ4n) is 2.99. The summed E-state index contributed by atoms with van der Waals surface area (Å²) in [5.41, 5.74) is 3.62. The number of carbonyl (C=O) groups excluding carboxylic acids is 1. The van der Waals surface area contributed by atoms with E-state index in [-0.39, 0.29) is 5.91 Å². The largest absolute Gasteiger partial charge is 0.378 e. The molecule has 0 aliphatic heterocycles. The summed E-state index contributed by atoms with van der Waals surface area (Å²) in [5, 5.41) is 11.5. The summed E-state index contributed by atoms with van der Waals surface area (Å²) >= 11 is 0. The van der Waals surface area contributed by atoms with E-state index < -0.39 is 0 Å². The predicted octanol–water partition coefficient (Wildman–Crippen LogP) is 3.44. The molecule has 0 aliphatic rings. The summed E-state index contributed by atoms with van der Waals surface area (Å²) < 4.78 is 3.45. The van der Waals surface area contributed by atoms with Crippen LogP contribution >= 0.6 is 0 Å². The Morgan fingerprint density at radius 3 is 2.48 bits per heavy atom. The molecule has 2 aromatic carbocycles. The monoisotopic (exact) mass is 386 g/mol. The topological polar surface area (TPSA) is 68.0 Å². The summed E-state index contributed by atoms with van der Waals surface area (Å²) in [7, 11) is 4.02. The minimum Gasteiger partial charge on any atom is -0.378 e. The van der Waals surface area contributed by atoms with Gasteiger partial charge in [0.2, 0.25) is 0 Å². The van der Waals surface area contributed by atoms with Crippen LogP contribution in [0.15, 0.2) is 79.3 Å². The molecule has 0 radical (unpaired) electrons. The quantitative estimate of drug-likeness (QED) is 0.551. The Bertz CT molecular complexity index is 1100. The van der Waals surface area contributed by atoms with Crippen LogP contribution in [0.5, 0.6) is 0 Å². The second kappa shape index (κ2) is 8.02. The highest BCUT2D eigenvalue weighted by Gasteiger charge is 2.13. The number of hydrogen-bond acceptors (Lipinski definition) is 4. The number of rotatable bonds is 6. The van der Waals surface area contributed by atoms with Crippen molar-refractivity contribution in [1.29, 1.82) is 0 Å². The Morgan fingerprint density at radius 1 is 1.00 bits per heavy atom. The number of amides is 1. The van der Waals surface area contributed by atoms with Gasteiger partial charge in [0.1, 0.15) is 5.82 Å². The van der Waals surface area contributed by atoms with Gasteiger partial charge in [-0.3, -0.25) is 4.79 Å². The Balaban J connectivity index is 1.46. The summed E-state index contributed by atoms with van der Waals surface area (Å²) in [5.74, 6) is 0.413. The molecule has 2 aromatic heterocycles. The van der Waals surface area contributed by atoms with Gasteiger partial charge in [-0.15, -0.1) is 0 Å². The second-order valence-corrected chi connectivity index (χ2v) is 6.90. The van der Waals surface area contributed by atoms with Gasteiger partial charge in [0.15, 0.2) is 0 Å². The minimum absolute atomic E-state index is 0.225. The first-order chi connectivity index (χ1) is 14.1. The fourth-order valence-corrected chi connectivity index (χ4v) is 2.99. The van der Waals surface area contributed by atoms with Crippen molar-refractivity contribution in [2.75, 3.05) is 24.3 Å². The van der Waals surface area contributed by atoms with Gasteiger partial charge in [-0.1, -0.05) is 30.3 Å². The van der Waals surface area contributed by atoms with Gasteiger partial charge >= 0.3 is 0 Å². The van der Waals surface area contributed by atoms with Crippen molar-refractivity contribution >= 4 is 17.4 Å². The highest BCUT2D eigenvalue weighted by Crippen LogP contribution is 2.16. The predicted molar refractivity (Wildman–Crippen MR) is 114 cm³/mol. The van der Waals surface area contributed by atoms with Gasteiger partial charge in [-0.2, -0.15) is 10.2 Å². The van der Waals surface area contributed by atoms with Crippen LogP contribution in [0.2, 0.25) is 0 Å². The zero-order valence-electron chi connectivity index (χ0n) is 16.4. The molecule has 4 rings (SSSR count). The lowest BCUT2D eigenvalue weighted by atomic mass is 10.2. The van der Waals surface area contributed by atoms with Crippen LogP contribution in [0.4, 0.5) is 11.5 Å². The van der Waals surface area contributed by atoms with Crippen LogP contribution in [0.3, 0.4) is 0 Å². The number of aromatic nitrogens is 4. The number of hydrogen-bond donors (Lipinski definition) is 1. The number of para-hydroxylation sites is 1. The SMILES string of the molecule is CN(C)c1ccc(Cn2nccc2NC(=O)c2cnn(-c3ccccc3)c2)cc1. The Hall–Kier alpha value is -3.87. The highest BCUT2D eigenvalue weighted by molar-refractivity contribution is 6.03.